The Morgan fingerprint density at radius 3 is 2.11 bits per heavy atom. The molecule has 3 aromatic carbocycles. The summed E-state index contributed by atoms with van der Waals surface area (Å²) in [5, 5.41) is 6.33. The molecule has 184 valence electrons. The number of aromatic nitrogens is 2. The zero-order chi connectivity index (χ0) is 25.5. The van der Waals surface area contributed by atoms with Crippen LogP contribution in [0.4, 0.5) is 16.3 Å². The highest BCUT2D eigenvalue weighted by atomic mass is 16.5. The monoisotopic (exact) mass is 486 g/mol. The van der Waals surface area contributed by atoms with Crippen LogP contribution < -0.4 is 29.6 Å². The molecule has 0 unspecified atom stereocenters. The lowest BCUT2D eigenvalue weighted by molar-refractivity contribution is 0.262. The van der Waals surface area contributed by atoms with Gasteiger partial charge < -0.3 is 24.3 Å². The zero-order valence-corrected chi connectivity index (χ0v) is 20.4. The molecular weight excluding hydrogens is 460 g/mol. The van der Waals surface area contributed by atoms with Gasteiger partial charge in [-0.25, -0.2) is 14.8 Å². The van der Waals surface area contributed by atoms with Gasteiger partial charge in [0.05, 0.1) is 39.6 Å². The van der Waals surface area contributed by atoms with Crippen LogP contribution in [0.5, 0.6) is 23.0 Å². The zero-order valence-electron chi connectivity index (χ0n) is 20.4. The topological polar surface area (TPSA) is 104 Å². The third-order valence-electron chi connectivity index (χ3n) is 5.32. The number of amides is 2. The van der Waals surface area contributed by atoms with Crippen LogP contribution in [0.15, 0.2) is 60.7 Å². The maximum atomic E-state index is 12.8. The minimum atomic E-state index is -0.456. The fourth-order valence-corrected chi connectivity index (χ4v) is 3.64. The largest absolute Gasteiger partial charge is 0.495 e. The number of carbonyl (C=O) groups excluding carboxylic acids is 1. The molecule has 4 rings (SSSR count). The van der Waals surface area contributed by atoms with Crippen LogP contribution in [0.3, 0.4) is 0 Å². The van der Waals surface area contributed by atoms with Crippen molar-refractivity contribution in [2.24, 2.45) is 0 Å². The summed E-state index contributed by atoms with van der Waals surface area (Å²) in [7, 11) is 6.22. The summed E-state index contributed by atoms with van der Waals surface area (Å²) in [6.07, 6.45) is 3.57. The van der Waals surface area contributed by atoms with Crippen molar-refractivity contribution in [3.8, 4) is 23.0 Å². The van der Waals surface area contributed by atoms with Gasteiger partial charge in [-0.05, 0) is 48.0 Å². The predicted molar refractivity (Wildman–Crippen MR) is 140 cm³/mol. The van der Waals surface area contributed by atoms with Crippen molar-refractivity contribution in [3.63, 3.8) is 0 Å². The van der Waals surface area contributed by atoms with E-state index >= 15 is 0 Å². The number of carbonyl (C=O) groups is 1. The molecule has 9 heteroatoms. The quantitative estimate of drug-likeness (QED) is 0.340. The maximum absolute atomic E-state index is 12.8. The van der Waals surface area contributed by atoms with Crippen molar-refractivity contribution >= 4 is 40.6 Å². The molecule has 0 atom stereocenters. The SMILES string of the molecule is COc1ccccc1NC(=O)Nc1nc(/C=C/c2cc(OC)c(OC)c(OC)c2)nc2ccccc12. The van der Waals surface area contributed by atoms with E-state index in [2.05, 4.69) is 20.6 Å². The first-order chi connectivity index (χ1) is 17.6. The van der Waals surface area contributed by atoms with Gasteiger partial charge in [0.1, 0.15) is 11.6 Å². The lowest BCUT2D eigenvalue weighted by atomic mass is 10.1. The van der Waals surface area contributed by atoms with Gasteiger partial charge >= 0.3 is 6.03 Å². The van der Waals surface area contributed by atoms with E-state index < -0.39 is 6.03 Å². The van der Waals surface area contributed by atoms with E-state index in [4.69, 9.17) is 18.9 Å². The van der Waals surface area contributed by atoms with Crippen LogP contribution in [0.1, 0.15) is 11.4 Å². The van der Waals surface area contributed by atoms with Crippen molar-refractivity contribution in [2.45, 2.75) is 0 Å². The summed E-state index contributed by atoms with van der Waals surface area (Å²) in [5.74, 6) is 2.91. The molecule has 9 nitrogen and oxygen atoms in total. The molecular formula is C27H26N4O5. The van der Waals surface area contributed by atoms with Gasteiger partial charge in [-0.2, -0.15) is 0 Å². The molecule has 0 saturated heterocycles. The molecule has 0 bridgehead atoms. The number of anilines is 2. The Bertz CT molecular complexity index is 1400. The van der Waals surface area contributed by atoms with Crippen molar-refractivity contribution < 1.29 is 23.7 Å². The molecule has 0 spiro atoms. The Labute approximate surface area is 208 Å². The van der Waals surface area contributed by atoms with Crippen molar-refractivity contribution in [2.75, 3.05) is 39.1 Å². The average molecular weight is 487 g/mol. The van der Waals surface area contributed by atoms with Gasteiger partial charge in [-0.1, -0.05) is 30.3 Å². The number of nitrogens with zero attached hydrogens (tertiary/aromatic N) is 2. The van der Waals surface area contributed by atoms with Gasteiger partial charge in [-0.15, -0.1) is 0 Å². The second-order valence-electron chi connectivity index (χ2n) is 7.52. The van der Waals surface area contributed by atoms with E-state index in [9.17, 15) is 4.79 Å². The van der Waals surface area contributed by atoms with E-state index in [1.54, 1.807) is 46.6 Å². The van der Waals surface area contributed by atoms with E-state index in [0.29, 0.717) is 51.2 Å². The van der Waals surface area contributed by atoms with E-state index in [0.717, 1.165) is 5.56 Å². The Hall–Kier alpha value is -4.79. The van der Waals surface area contributed by atoms with Gasteiger partial charge in [0.15, 0.2) is 17.3 Å². The summed E-state index contributed by atoms with van der Waals surface area (Å²) < 4.78 is 21.5. The first-order valence-corrected chi connectivity index (χ1v) is 11.0. The minimum Gasteiger partial charge on any atom is -0.495 e. The Morgan fingerprint density at radius 1 is 0.750 bits per heavy atom. The second kappa shape index (κ2) is 11.1. The average Bonchev–Trinajstić information content (AvgIpc) is 2.91. The number of hydrogen-bond donors (Lipinski definition) is 2. The number of fused-ring (bicyclic) bond motifs is 1. The van der Waals surface area contributed by atoms with Crippen LogP contribution in [0.25, 0.3) is 23.1 Å². The van der Waals surface area contributed by atoms with E-state index in [-0.39, 0.29) is 0 Å². The van der Waals surface area contributed by atoms with Crippen molar-refractivity contribution in [1.82, 2.24) is 9.97 Å². The van der Waals surface area contributed by atoms with Crippen LogP contribution in [0.2, 0.25) is 0 Å². The van der Waals surface area contributed by atoms with Gasteiger partial charge in [0, 0.05) is 5.39 Å². The minimum absolute atomic E-state index is 0.373. The summed E-state index contributed by atoms with van der Waals surface area (Å²) in [5.41, 5.74) is 2.02. The molecule has 1 aromatic heterocycles. The van der Waals surface area contributed by atoms with Crippen LogP contribution in [-0.2, 0) is 0 Å². The first-order valence-electron chi connectivity index (χ1n) is 11.0. The molecule has 0 aliphatic rings. The summed E-state index contributed by atoms with van der Waals surface area (Å²) in [6.45, 7) is 0. The van der Waals surface area contributed by atoms with Gasteiger partial charge in [0.2, 0.25) is 5.75 Å². The first kappa shape index (κ1) is 24.3. The van der Waals surface area contributed by atoms with Gasteiger partial charge in [-0.3, -0.25) is 5.32 Å². The van der Waals surface area contributed by atoms with Crippen molar-refractivity contribution in [3.05, 3.63) is 72.1 Å². The molecule has 2 N–H and O–H groups in total. The molecule has 2 amide bonds. The molecule has 1 heterocycles. The Balaban J connectivity index is 1.65. The number of urea groups is 1. The maximum Gasteiger partial charge on any atom is 0.324 e. The molecule has 0 saturated carbocycles. The third kappa shape index (κ3) is 5.30. The van der Waals surface area contributed by atoms with E-state index in [1.165, 1.54) is 0 Å². The number of hydrogen-bond acceptors (Lipinski definition) is 7. The highest BCUT2D eigenvalue weighted by Crippen LogP contribution is 2.38. The van der Waals surface area contributed by atoms with Crippen molar-refractivity contribution in [1.29, 1.82) is 0 Å². The Morgan fingerprint density at radius 2 is 1.42 bits per heavy atom. The van der Waals surface area contributed by atoms with Crippen LogP contribution in [-0.4, -0.2) is 44.4 Å². The van der Waals surface area contributed by atoms with Gasteiger partial charge in [0.25, 0.3) is 0 Å². The fraction of sp³-hybridized carbons (Fsp3) is 0.148. The third-order valence-corrected chi connectivity index (χ3v) is 5.32. The fourth-order valence-electron chi connectivity index (χ4n) is 3.64. The summed E-state index contributed by atoms with van der Waals surface area (Å²) >= 11 is 0. The number of methoxy groups -OCH3 is 4. The summed E-state index contributed by atoms with van der Waals surface area (Å²) in [4.78, 5) is 22.0. The molecule has 0 fully saturated rings. The summed E-state index contributed by atoms with van der Waals surface area (Å²) in [6, 6.07) is 17.8. The molecule has 4 aromatic rings. The highest BCUT2D eigenvalue weighted by molar-refractivity contribution is 6.05. The lowest BCUT2D eigenvalue weighted by Gasteiger charge is -2.13. The predicted octanol–water partition coefficient (Wildman–Crippen LogP) is 5.48. The number of benzene rings is 3. The van der Waals surface area contributed by atoms with Crippen LogP contribution in [0, 0.1) is 0 Å². The smallest absolute Gasteiger partial charge is 0.324 e. The number of ether oxygens (including phenoxy) is 4. The normalized spacial score (nSPS) is 10.8. The molecule has 0 radical (unpaired) electrons. The molecule has 0 aliphatic carbocycles. The Kier molecular flexibility index (Phi) is 7.50. The van der Waals surface area contributed by atoms with E-state index in [1.807, 2.05) is 54.6 Å². The number of para-hydroxylation sites is 3. The van der Waals surface area contributed by atoms with Crippen LogP contribution >= 0.6 is 0 Å². The lowest BCUT2D eigenvalue weighted by Crippen LogP contribution is -2.21. The second-order valence-corrected chi connectivity index (χ2v) is 7.52. The highest BCUT2D eigenvalue weighted by Gasteiger charge is 2.14. The molecule has 0 aliphatic heterocycles. The standard InChI is InChI=1S/C27H26N4O5/c1-33-21-12-8-7-11-20(21)29-27(32)31-26-18-9-5-6-10-19(18)28-24(30-26)14-13-17-15-22(34-2)25(36-4)23(16-17)35-3/h5-16H,1-4H3,(H2,28,29,30,31,32)/b14-13+. The molecule has 36 heavy (non-hydrogen) atoms. The number of nitrogens with one attached hydrogen (secondary N) is 2. The number of rotatable bonds is 8.